The molecular weight excluding hydrogens is 478 g/mol. The Morgan fingerprint density at radius 3 is 2.55 bits per heavy atom. The Labute approximate surface area is 223 Å². The molecule has 1 saturated heterocycles. The fourth-order valence-electron chi connectivity index (χ4n) is 4.60. The van der Waals surface area contributed by atoms with Gasteiger partial charge in [-0.2, -0.15) is 0 Å². The topological polar surface area (TPSA) is 76.8 Å². The Bertz CT molecular complexity index is 1300. The van der Waals surface area contributed by atoms with E-state index in [1.165, 1.54) is 11.8 Å². The van der Waals surface area contributed by atoms with E-state index in [-0.39, 0.29) is 23.7 Å². The van der Waals surface area contributed by atoms with Gasteiger partial charge in [0.05, 0.1) is 12.6 Å². The molecule has 0 saturated carbocycles. The molecule has 1 aromatic heterocycles. The van der Waals surface area contributed by atoms with E-state index >= 15 is 0 Å². The Morgan fingerprint density at radius 2 is 1.79 bits per heavy atom. The van der Waals surface area contributed by atoms with Crippen molar-refractivity contribution in [3.05, 3.63) is 114 Å². The maximum atomic E-state index is 12.6. The lowest BCUT2D eigenvalue weighted by Crippen LogP contribution is -2.32. The fourth-order valence-corrected chi connectivity index (χ4v) is 4.60. The molecule has 1 fully saturated rings. The molecule has 0 spiro atoms. The average molecular weight is 512 g/mol. The number of hydrogen-bond donors (Lipinski definition) is 1. The Hall–Kier alpha value is -3.94. The minimum absolute atomic E-state index is 0.0779. The lowest BCUT2D eigenvalue weighted by Gasteiger charge is -2.28. The molecule has 2 atom stereocenters. The summed E-state index contributed by atoms with van der Waals surface area (Å²) in [4.78, 5) is 19.4. The van der Waals surface area contributed by atoms with Gasteiger partial charge >= 0.3 is 0 Å². The van der Waals surface area contributed by atoms with Crippen molar-refractivity contribution in [1.29, 1.82) is 0 Å². The van der Waals surface area contributed by atoms with Crippen LogP contribution in [0, 0.1) is 0 Å². The summed E-state index contributed by atoms with van der Waals surface area (Å²) in [6.07, 6.45) is 3.51. The van der Waals surface area contributed by atoms with Crippen LogP contribution in [0.5, 0.6) is 11.5 Å². The van der Waals surface area contributed by atoms with Crippen molar-refractivity contribution in [3.63, 3.8) is 0 Å². The first-order valence-corrected chi connectivity index (χ1v) is 13.1. The van der Waals surface area contributed by atoms with E-state index in [1.54, 1.807) is 0 Å². The van der Waals surface area contributed by atoms with Crippen molar-refractivity contribution >= 4 is 5.91 Å². The highest BCUT2D eigenvalue weighted by molar-refractivity contribution is 5.91. The summed E-state index contributed by atoms with van der Waals surface area (Å²) in [6.45, 7) is 4.49. The summed E-state index contributed by atoms with van der Waals surface area (Å²) in [5.41, 5.74) is 2.57. The molecule has 1 N–H and O–H groups in total. The third kappa shape index (κ3) is 6.88. The van der Waals surface area contributed by atoms with Crippen LogP contribution in [0.25, 0.3) is 0 Å². The molecule has 1 amide bonds. The van der Waals surface area contributed by atoms with E-state index in [4.69, 9.17) is 13.9 Å². The first-order valence-electron chi connectivity index (χ1n) is 13.1. The van der Waals surface area contributed by atoms with Gasteiger partial charge in [-0.15, -0.1) is 0 Å². The number of hydrogen-bond acceptors (Lipinski definition) is 6. The lowest BCUT2D eigenvalue weighted by molar-refractivity contribution is 0.0853. The number of benzene rings is 3. The van der Waals surface area contributed by atoms with Crippen LogP contribution in [0.3, 0.4) is 0 Å². The zero-order valence-electron chi connectivity index (χ0n) is 21.6. The van der Waals surface area contributed by atoms with Crippen molar-refractivity contribution in [2.45, 2.75) is 45.0 Å². The van der Waals surface area contributed by atoms with E-state index in [2.05, 4.69) is 46.4 Å². The van der Waals surface area contributed by atoms with E-state index in [0.29, 0.717) is 25.5 Å². The van der Waals surface area contributed by atoms with Gasteiger partial charge in [0, 0.05) is 25.7 Å². The summed E-state index contributed by atoms with van der Waals surface area (Å²) in [7, 11) is 0. The van der Waals surface area contributed by atoms with Gasteiger partial charge in [-0.25, -0.2) is 4.98 Å². The van der Waals surface area contributed by atoms with Crippen LogP contribution in [-0.2, 0) is 17.8 Å². The predicted octanol–water partition coefficient (Wildman–Crippen LogP) is 6.14. The van der Waals surface area contributed by atoms with E-state index in [0.717, 1.165) is 36.5 Å². The van der Waals surface area contributed by atoms with Gasteiger partial charge in [-0.1, -0.05) is 60.7 Å². The molecule has 0 radical (unpaired) electrons. The number of oxazole rings is 1. The molecule has 4 aromatic rings. The number of aromatic nitrogens is 1. The molecule has 5 rings (SSSR count). The summed E-state index contributed by atoms with van der Waals surface area (Å²) in [5, 5.41) is 2.91. The highest BCUT2D eigenvalue weighted by atomic mass is 16.5. The molecule has 2 heterocycles. The van der Waals surface area contributed by atoms with Gasteiger partial charge in [0.15, 0.2) is 5.69 Å². The van der Waals surface area contributed by atoms with Crippen molar-refractivity contribution in [1.82, 2.24) is 15.2 Å². The SMILES string of the molecule is C[C@H](c1ccccc1)N(Cc1cccc(Oc2ccccc2)c1)Cc1nc(C(=O)NC[C@H]2CCCO2)co1. The summed E-state index contributed by atoms with van der Waals surface area (Å²) in [5.74, 6) is 1.82. The fraction of sp³-hybridized carbons (Fsp3) is 0.290. The molecule has 0 unspecified atom stereocenters. The van der Waals surface area contributed by atoms with Gasteiger partial charge in [0.25, 0.3) is 5.91 Å². The zero-order valence-corrected chi connectivity index (χ0v) is 21.6. The van der Waals surface area contributed by atoms with Crippen molar-refractivity contribution < 1.29 is 18.7 Å². The standard InChI is InChI=1S/C31H33N3O4/c1-23(25-11-4-2-5-12-25)34(20-24-10-8-15-27(18-24)38-26-13-6-3-7-14-26)21-30-33-29(22-37-30)31(35)32-19-28-16-9-17-36-28/h2-8,10-15,18,22-23,28H,9,16-17,19-21H2,1H3,(H,32,35)/t23-,28-/m1/s1. The van der Waals surface area contributed by atoms with Crippen molar-refractivity contribution in [2.24, 2.45) is 0 Å². The van der Waals surface area contributed by atoms with Gasteiger partial charge in [0.1, 0.15) is 17.8 Å². The summed E-state index contributed by atoms with van der Waals surface area (Å²) in [6, 6.07) is 28.3. The third-order valence-corrected chi connectivity index (χ3v) is 6.73. The molecule has 7 heteroatoms. The quantitative estimate of drug-likeness (QED) is 0.261. The molecule has 38 heavy (non-hydrogen) atoms. The van der Waals surface area contributed by atoms with E-state index in [9.17, 15) is 4.79 Å². The number of rotatable bonds is 11. The van der Waals surface area contributed by atoms with Crippen molar-refractivity contribution in [2.75, 3.05) is 13.2 Å². The van der Waals surface area contributed by atoms with Crippen LogP contribution in [0.4, 0.5) is 0 Å². The predicted molar refractivity (Wildman–Crippen MR) is 145 cm³/mol. The number of nitrogens with one attached hydrogen (secondary N) is 1. The Kier molecular flexibility index (Phi) is 8.48. The molecule has 1 aliphatic rings. The molecule has 0 bridgehead atoms. The summed E-state index contributed by atoms with van der Waals surface area (Å²) >= 11 is 0. The Morgan fingerprint density at radius 1 is 1.03 bits per heavy atom. The molecule has 3 aromatic carbocycles. The van der Waals surface area contributed by atoms with Gasteiger partial charge in [-0.3, -0.25) is 9.69 Å². The lowest BCUT2D eigenvalue weighted by atomic mass is 10.1. The maximum absolute atomic E-state index is 12.6. The molecule has 1 aliphatic heterocycles. The molecule has 0 aliphatic carbocycles. The smallest absolute Gasteiger partial charge is 0.273 e. The number of carbonyl (C=O) groups excluding carboxylic acids is 1. The number of amides is 1. The number of para-hydroxylation sites is 1. The second-order valence-electron chi connectivity index (χ2n) is 9.53. The van der Waals surface area contributed by atoms with Gasteiger partial charge in [0.2, 0.25) is 5.89 Å². The maximum Gasteiger partial charge on any atom is 0.273 e. The highest BCUT2D eigenvalue weighted by Gasteiger charge is 2.22. The van der Waals surface area contributed by atoms with Crippen LogP contribution in [0.1, 0.15) is 53.3 Å². The van der Waals surface area contributed by atoms with Gasteiger partial charge < -0.3 is 19.2 Å². The minimum Gasteiger partial charge on any atom is -0.457 e. The highest BCUT2D eigenvalue weighted by Crippen LogP contribution is 2.27. The molecular formula is C31H33N3O4. The first kappa shape index (κ1) is 25.7. The average Bonchev–Trinajstić information content (AvgIpc) is 3.65. The van der Waals surface area contributed by atoms with Crippen LogP contribution < -0.4 is 10.1 Å². The number of carbonyl (C=O) groups is 1. The summed E-state index contributed by atoms with van der Waals surface area (Å²) < 4.78 is 17.4. The molecule has 196 valence electrons. The van der Waals surface area contributed by atoms with Crippen LogP contribution >= 0.6 is 0 Å². The largest absolute Gasteiger partial charge is 0.457 e. The van der Waals surface area contributed by atoms with Crippen LogP contribution in [0.2, 0.25) is 0 Å². The number of ether oxygens (including phenoxy) is 2. The second kappa shape index (κ2) is 12.5. The van der Waals surface area contributed by atoms with Gasteiger partial charge in [-0.05, 0) is 55.2 Å². The van der Waals surface area contributed by atoms with Crippen molar-refractivity contribution in [3.8, 4) is 11.5 Å². The van der Waals surface area contributed by atoms with Crippen LogP contribution in [0.15, 0.2) is 95.6 Å². The van der Waals surface area contributed by atoms with E-state index in [1.807, 2.05) is 60.7 Å². The number of nitrogens with zero attached hydrogens (tertiary/aromatic N) is 2. The minimum atomic E-state index is -0.246. The zero-order chi connectivity index (χ0) is 26.2. The first-order chi connectivity index (χ1) is 18.6. The molecule has 7 nitrogen and oxygen atoms in total. The third-order valence-electron chi connectivity index (χ3n) is 6.73. The monoisotopic (exact) mass is 511 g/mol. The second-order valence-corrected chi connectivity index (χ2v) is 9.53. The van der Waals surface area contributed by atoms with E-state index < -0.39 is 0 Å². The normalized spacial score (nSPS) is 15.9. The van der Waals surface area contributed by atoms with Crippen LogP contribution in [-0.4, -0.2) is 35.0 Å². The Balaban J connectivity index is 1.30.